The first-order valence-electron chi connectivity index (χ1n) is 8.12. The minimum atomic E-state index is -2.37. The van der Waals surface area contributed by atoms with E-state index in [9.17, 15) is 9.90 Å². The Bertz CT molecular complexity index is 689. The lowest BCUT2D eigenvalue weighted by molar-refractivity contribution is -0.136. The molecule has 24 heavy (non-hydrogen) atoms. The highest BCUT2D eigenvalue weighted by Crippen LogP contribution is 2.15. The molecule has 120 valence electrons. The first-order chi connectivity index (χ1) is 11.7. The van der Waals surface area contributed by atoms with Crippen molar-refractivity contribution in [1.29, 1.82) is 0 Å². The topological polar surface area (TPSA) is 37.3 Å². The van der Waals surface area contributed by atoms with Crippen molar-refractivity contribution < 1.29 is 9.90 Å². The van der Waals surface area contributed by atoms with Gasteiger partial charge in [0.2, 0.25) is 0 Å². The van der Waals surface area contributed by atoms with Crippen LogP contribution >= 0.6 is 0 Å². The maximum absolute atomic E-state index is 11.4. The summed E-state index contributed by atoms with van der Waals surface area (Å²) in [6, 6.07) is 31.8. The standard InChI is InChI=1S/C21H20O2Si/c22-21(23)16-17-24(18-10-4-1-5-11-18,19-12-6-2-7-13-19)20-14-8-3-9-15-20/h1-15H,16-17H2,(H,22,23). The molecule has 0 radical (unpaired) electrons. The Morgan fingerprint density at radius 2 is 1.00 bits per heavy atom. The number of hydrogen-bond acceptors (Lipinski definition) is 1. The van der Waals surface area contributed by atoms with Crippen molar-refractivity contribution in [3.63, 3.8) is 0 Å². The van der Waals surface area contributed by atoms with E-state index in [0.717, 1.165) is 0 Å². The lowest BCUT2D eigenvalue weighted by Gasteiger charge is -2.33. The lowest BCUT2D eigenvalue weighted by Crippen LogP contribution is -2.67. The van der Waals surface area contributed by atoms with Gasteiger partial charge in [0.15, 0.2) is 0 Å². The molecule has 0 bridgehead atoms. The number of carboxylic acid groups (broad SMARTS) is 1. The summed E-state index contributed by atoms with van der Waals surface area (Å²) in [5.41, 5.74) is 0. The molecule has 0 spiro atoms. The van der Waals surface area contributed by atoms with Crippen LogP contribution in [0, 0.1) is 0 Å². The summed E-state index contributed by atoms with van der Waals surface area (Å²) in [5.74, 6) is -0.741. The Labute approximate surface area is 143 Å². The number of aliphatic carboxylic acids is 1. The fourth-order valence-corrected chi connectivity index (χ4v) is 8.13. The molecule has 0 aliphatic rings. The molecule has 0 aliphatic heterocycles. The van der Waals surface area contributed by atoms with E-state index in [1.165, 1.54) is 15.6 Å². The number of hydrogen-bond donors (Lipinski definition) is 1. The van der Waals surface area contributed by atoms with Crippen molar-refractivity contribution in [3.05, 3.63) is 91.0 Å². The van der Waals surface area contributed by atoms with Crippen molar-refractivity contribution >= 4 is 29.6 Å². The lowest BCUT2D eigenvalue weighted by atomic mass is 10.3. The van der Waals surface area contributed by atoms with Gasteiger partial charge in [-0.3, -0.25) is 4.79 Å². The predicted molar refractivity (Wildman–Crippen MR) is 101 cm³/mol. The molecule has 3 heteroatoms. The number of carboxylic acids is 1. The minimum absolute atomic E-state index is 0.172. The van der Waals surface area contributed by atoms with Crippen molar-refractivity contribution in [2.24, 2.45) is 0 Å². The van der Waals surface area contributed by atoms with Crippen molar-refractivity contribution in [2.45, 2.75) is 12.5 Å². The molecule has 0 aromatic heterocycles. The third-order valence-corrected chi connectivity index (χ3v) is 9.47. The Morgan fingerprint density at radius 1 is 0.667 bits per heavy atom. The first kappa shape index (κ1) is 16.2. The second-order valence-corrected chi connectivity index (χ2v) is 9.94. The second kappa shape index (κ2) is 7.28. The Balaban J connectivity index is 2.26. The summed E-state index contributed by atoms with van der Waals surface area (Å²) in [7, 11) is -2.37. The van der Waals surface area contributed by atoms with Crippen LogP contribution in [-0.4, -0.2) is 19.1 Å². The molecule has 0 amide bonds. The molecule has 0 saturated carbocycles. The maximum atomic E-state index is 11.4. The fraction of sp³-hybridized carbons (Fsp3) is 0.0952. The largest absolute Gasteiger partial charge is 0.481 e. The van der Waals surface area contributed by atoms with Gasteiger partial charge < -0.3 is 5.11 Å². The van der Waals surface area contributed by atoms with E-state index in [1.54, 1.807) is 0 Å². The average Bonchev–Trinajstić information content (AvgIpc) is 2.65. The average molecular weight is 332 g/mol. The van der Waals surface area contributed by atoms with Gasteiger partial charge in [-0.25, -0.2) is 0 Å². The molecule has 0 aliphatic carbocycles. The van der Waals surface area contributed by atoms with E-state index in [2.05, 4.69) is 36.4 Å². The molecule has 3 aromatic rings. The van der Waals surface area contributed by atoms with Crippen LogP contribution < -0.4 is 15.6 Å². The number of benzene rings is 3. The summed E-state index contributed by atoms with van der Waals surface area (Å²) in [6.45, 7) is 0. The van der Waals surface area contributed by atoms with Crippen molar-refractivity contribution in [1.82, 2.24) is 0 Å². The summed E-state index contributed by atoms with van der Waals surface area (Å²) >= 11 is 0. The van der Waals surface area contributed by atoms with Gasteiger partial charge in [0, 0.05) is 6.42 Å². The Kier molecular flexibility index (Phi) is 4.92. The summed E-state index contributed by atoms with van der Waals surface area (Å²) in [4.78, 5) is 11.4. The molecular weight excluding hydrogens is 312 g/mol. The zero-order chi connectivity index (χ0) is 16.8. The molecule has 0 heterocycles. The van der Waals surface area contributed by atoms with Gasteiger partial charge >= 0.3 is 5.97 Å². The molecule has 3 rings (SSSR count). The van der Waals surface area contributed by atoms with Crippen LogP contribution in [0.15, 0.2) is 91.0 Å². The van der Waals surface area contributed by atoms with Gasteiger partial charge in [-0.05, 0) is 21.6 Å². The van der Waals surface area contributed by atoms with Crippen LogP contribution in [0.5, 0.6) is 0 Å². The highest BCUT2D eigenvalue weighted by Gasteiger charge is 2.39. The maximum Gasteiger partial charge on any atom is 0.303 e. The van der Waals surface area contributed by atoms with Crippen LogP contribution in [0.3, 0.4) is 0 Å². The number of rotatable bonds is 6. The van der Waals surface area contributed by atoms with E-state index in [4.69, 9.17) is 0 Å². The van der Waals surface area contributed by atoms with Crippen LogP contribution in [0.25, 0.3) is 0 Å². The van der Waals surface area contributed by atoms with E-state index in [-0.39, 0.29) is 6.42 Å². The normalized spacial score (nSPS) is 11.2. The van der Waals surface area contributed by atoms with Crippen LogP contribution in [0.1, 0.15) is 6.42 Å². The van der Waals surface area contributed by atoms with Crippen LogP contribution in [0.2, 0.25) is 6.04 Å². The van der Waals surface area contributed by atoms with Crippen molar-refractivity contribution in [3.8, 4) is 0 Å². The molecule has 1 N–H and O–H groups in total. The summed E-state index contributed by atoms with van der Waals surface area (Å²) < 4.78 is 0. The van der Waals surface area contributed by atoms with E-state index in [0.29, 0.717) is 6.04 Å². The van der Waals surface area contributed by atoms with Gasteiger partial charge in [0.1, 0.15) is 8.07 Å². The quantitative estimate of drug-likeness (QED) is 0.556. The van der Waals surface area contributed by atoms with Gasteiger partial charge in [0.25, 0.3) is 0 Å². The molecule has 0 fully saturated rings. The molecule has 0 atom stereocenters. The Morgan fingerprint density at radius 3 is 1.29 bits per heavy atom. The highest BCUT2D eigenvalue weighted by molar-refractivity contribution is 7.11. The van der Waals surface area contributed by atoms with E-state index < -0.39 is 14.0 Å². The van der Waals surface area contributed by atoms with Gasteiger partial charge in [-0.2, -0.15) is 0 Å². The van der Waals surface area contributed by atoms with Crippen molar-refractivity contribution in [2.75, 3.05) is 0 Å². The van der Waals surface area contributed by atoms with E-state index in [1.807, 2.05) is 54.6 Å². The summed E-state index contributed by atoms with van der Waals surface area (Å²) in [6.07, 6.45) is 0.172. The minimum Gasteiger partial charge on any atom is -0.481 e. The zero-order valence-corrected chi connectivity index (χ0v) is 14.4. The second-order valence-electron chi connectivity index (χ2n) is 5.90. The van der Waals surface area contributed by atoms with Crippen LogP contribution in [-0.2, 0) is 4.79 Å². The monoisotopic (exact) mass is 332 g/mol. The van der Waals surface area contributed by atoms with Crippen LogP contribution in [0.4, 0.5) is 0 Å². The number of carbonyl (C=O) groups is 1. The van der Waals surface area contributed by atoms with Gasteiger partial charge in [-0.1, -0.05) is 91.0 Å². The molecule has 3 aromatic carbocycles. The third kappa shape index (κ3) is 3.17. The first-order valence-corrected chi connectivity index (χ1v) is 10.3. The zero-order valence-electron chi connectivity index (χ0n) is 13.4. The third-order valence-electron chi connectivity index (χ3n) is 4.51. The SMILES string of the molecule is O=C(O)CC[Si](c1ccccc1)(c1ccccc1)c1ccccc1. The predicted octanol–water partition coefficient (Wildman–Crippen LogP) is 2.63. The van der Waals surface area contributed by atoms with E-state index >= 15 is 0 Å². The molecule has 0 saturated heterocycles. The molecule has 2 nitrogen and oxygen atoms in total. The fourth-order valence-electron chi connectivity index (χ4n) is 3.40. The van der Waals surface area contributed by atoms with Gasteiger partial charge in [-0.15, -0.1) is 0 Å². The smallest absolute Gasteiger partial charge is 0.303 e. The molecular formula is C21H20O2Si. The summed E-state index contributed by atoms with van der Waals surface area (Å²) in [5, 5.41) is 13.1. The van der Waals surface area contributed by atoms with Gasteiger partial charge in [0.05, 0.1) is 0 Å². The Hall–Kier alpha value is -2.65. The molecule has 0 unspecified atom stereocenters. The highest BCUT2D eigenvalue weighted by atomic mass is 28.3.